The molecule has 0 spiro atoms. The van der Waals surface area contributed by atoms with Crippen LogP contribution in [0.4, 0.5) is 0 Å². The van der Waals surface area contributed by atoms with Gasteiger partial charge in [-0.15, -0.1) is 0 Å². The first kappa shape index (κ1) is 13.2. The Balaban J connectivity index is 1.93. The van der Waals surface area contributed by atoms with Gasteiger partial charge in [-0.05, 0) is 47.0 Å². The minimum Gasteiger partial charge on any atom is -0.400 e. The van der Waals surface area contributed by atoms with E-state index < -0.39 is 0 Å². The summed E-state index contributed by atoms with van der Waals surface area (Å²) in [6.07, 6.45) is 5.42. The zero-order chi connectivity index (χ0) is 12.7. The molecular weight excluding hydrogens is 211 g/mol. The Hall–Kier alpha value is -0.275. The molecule has 0 unspecified atom stereocenters. The molecule has 0 atom stereocenters. The maximum atomic E-state index is 5.97. The van der Waals surface area contributed by atoms with Gasteiger partial charge in [0.25, 0.3) is 0 Å². The van der Waals surface area contributed by atoms with E-state index in [2.05, 4.69) is 40.6 Å². The van der Waals surface area contributed by atoms with Gasteiger partial charge in [-0.3, -0.25) is 0 Å². The standard InChI is InChI=1S/C14H25BO2/c1-11(9-12-7-6-8-12)10-15-16-13(2,3)14(4,5)17-15/h10,12H,6-9H2,1-5H3/b11-10+. The minimum absolute atomic E-state index is 0.167. The van der Waals surface area contributed by atoms with Crippen LogP contribution in [0.2, 0.25) is 0 Å². The Labute approximate surface area is 106 Å². The molecule has 1 heterocycles. The van der Waals surface area contributed by atoms with Gasteiger partial charge in [-0.2, -0.15) is 0 Å². The van der Waals surface area contributed by atoms with Gasteiger partial charge >= 0.3 is 7.12 Å². The van der Waals surface area contributed by atoms with Gasteiger partial charge in [-0.25, -0.2) is 0 Å². The molecule has 0 bridgehead atoms. The van der Waals surface area contributed by atoms with Gasteiger partial charge in [0, 0.05) is 0 Å². The molecule has 2 fully saturated rings. The Morgan fingerprint density at radius 2 is 1.71 bits per heavy atom. The summed E-state index contributed by atoms with van der Waals surface area (Å²) in [4.78, 5) is 0. The molecule has 17 heavy (non-hydrogen) atoms. The maximum absolute atomic E-state index is 5.97. The van der Waals surface area contributed by atoms with Gasteiger partial charge in [0.2, 0.25) is 0 Å². The van der Waals surface area contributed by atoms with Crippen LogP contribution in [-0.2, 0) is 9.31 Å². The van der Waals surface area contributed by atoms with Crippen LogP contribution in [0, 0.1) is 5.92 Å². The van der Waals surface area contributed by atoms with Crippen LogP contribution < -0.4 is 0 Å². The third kappa shape index (κ3) is 2.77. The van der Waals surface area contributed by atoms with Gasteiger partial charge < -0.3 is 9.31 Å². The molecule has 1 saturated carbocycles. The second-order valence-corrected chi connectivity index (χ2v) is 6.64. The third-order valence-electron chi connectivity index (χ3n) is 4.53. The van der Waals surface area contributed by atoms with Crippen LogP contribution in [0.1, 0.15) is 60.3 Å². The maximum Gasteiger partial charge on any atom is 0.487 e. The van der Waals surface area contributed by atoms with Crippen molar-refractivity contribution >= 4 is 7.12 Å². The van der Waals surface area contributed by atoms with Crippen molar-refractivity contribution in [2.24, 2.45) is 5.92 Å². The second kappa shape index (κ2) is 4.44. The molecule has 0 aromatic carbocycles. The first-order valence-electron chi connectivity index (χ1n) is 6.83. The van der Waals surface area contributed by atoms with Crippen LogP contribution in [-0.4, -0.2) is 18.3 Å². The minimum atomic E-state index is -0.217. The summed E-state index contributed by atoms with van der Waals surface area (Å²) in [7, 11) is -0.167. The molecule has 2 nitrogen and oxygen atoms in total. The number of allylic oxidation sites excluding steroid dienone is 1. The lowest BCUT2D eigenvalue weighted by molar-refractivity contribution is 0.00578. The largest absolute Gasteiger partial charge is 0.487 e. The van der Waals surface area contributed by atoms with Crippen molar-refractivity contribution in [2.75, 3.05) is 0 Å². The third-order valence-corrected chi connectivity index (χ3v) is 4.53. The van der Waals surface area contributed by atoms with Crippen molar-refractivity contribution in [2.45, 2.75) is 71.5 Å². The molecule has 96 valence electrons. The van der Waals surface area contributed by atoms with E-state index in [1.807, 2.05) is 0 Å². The smallest absolute Gasteiger partial charge is 0.400 e. The zero-order valence-corrected chi connectivity index (χ0v) is 11.9. The quantitative estimate of drug-likeness (QED) is 0.694. The molecule has 2 rings (SSSR count). The summed E-state index contributed by atoms with van der Waals surface area (Å²) in [5, 5.41) is 0. The van der Waals surface area contributed by atoms with Crippen molar-refractivity contribution in [1.82, 2.24) is 0 Å². The average molecular weight is 236 g/mol. The van der Waals surface area contributed by atoms with Crippen LogP contribution in [0.5, 0.6) is 0 Å². The molecule has 1 aliphatic heterocycles. The SMILES string of the molecule is C/C(=C\B1OC(C)(C)C(C)(C)O1)CC1CCC1. The van der Waals surface area contributed by atoms with E-state index in [1.165, 1.54) is 31.3 Å². The van der Waals surface area contributed by atoms with Gasteiger partial charge in [0.1, 0.15) is 0 Å². The van der Waals surface area contributed by atoms with Gasteiger partial charge in [0.05, 0.1) is 11.2 Å². The highest BCUT2D eigenvalue weighted by atomic mass is 16.7. The van der Waals surface area contributed by atoms with Crippen molar-refractivity contribution in [1.29, 1.82) is 0 Å². The highest BCUT2D eigenvalue weighted by Crippen LogP contribution is 2.38. The topological polar surface area (TPSA) is 18.5 Å². The molecule has 0 aromatic heterocycles. The molecule has 1 aliphatic carbocycles. The molecule has 3 heteroatoms. The van der Waals surface area contributed by atoms with Crippen molar-refractivity contribution in [3.05, 3.63) is 11.5 Å². The fraction of sp³-hybridized carbons (Fsp3) is 0.857. The molecule has 0 amide bonds. The van der Waals surface area contributed by atoms with Crippen LogP contribution >= 0.6 is 0 Å². The highest BCUT2D eigenvalue weighted by molar-refractivity contribution is 6.51. The molecule has 2 aliphatic rings. The first-order chi connectivity index (χ1) is 7.80. The van der Waals surface area contributed by atoms with E-state index in [9.17, 15) is 0 Å². The fourth-order valence-corrected chi connectivity index (χ4v) is 2.41. The van der Waals surface area contributed by atoms with Crippen LogP contribution in [0.15, 0.2) is 11.5 Å². The Bertz CT molecular complexity index is 300. The summed E-state index contributed by atoms with van der Waals surface area (Å²) in [6.45, 7) is 10.6. The van der Waals surface area contributed by atoms with E-state index in [0.717, 1.165) is 5.92 Å². The van der Waals surface area contributed by atoms with E-state index >= 15 is 0 Å². The van der Waals surface area contributed by atoms with Crippen LogP contribution in [0.25, 0.3) is 0 Å². The lowest BCUT2D eigenvalue weighted by atomic mass is 9.78. The Morgan fingerprint density at radius 3 is 2.12 bits per heavy atom. The predicted octanol–water partition coefficient (Wildman–Crippen LogP) is 3.75. The van der Waals surface area contributed by atoms with Crippen molar-refractivity contribution in [3.63, 3.8) is 0 Å². The van der Waals surface area contributed by atoms with E-state index in [1.54, 1.807) is 0 Å². The molecule has 1 saturated heterocycles. The Kier molecular flexibility index (Phi) is 3.43. The lowest BCUT2D eigenvalue weighted by Crippen LogP contribution is -2.41. The summed E-state index contributed by atoms with van der Waals surface area (Å²) in [6, 6.07) is 0. The average Bonchev–Trinajstić information content (AvgIpc) is 2.28. The number of hydrogen-bond acceptors (Lipinski definition) is 2. The van der Waals surface area contributed by atoms with E-state index in [0.29, 0.717) is 0 Å². The molecule has 0 aromatic rings. The monoisotopic (exact) mass is 236 g/mol. The van der Waals surface area contributed by atoms with Gasteiger partial charge in [-0.1, -0.05) is 30.8 Å². The van der Waals surface area contributed by atoms with E-state index in [-0.39, 0.29) is 18.3 Å². The first-order valence-corrected chi connectivity index (χ1v) is 6.83. The molecule has 0 radical (unpaired) electrons. The Morgan fingerprint density at radius 1 is 1.18 bits per heavy atom. The van der Waals surface area contributed by atoms with E-state index in [4.69, 9.17) is 9.31 Å². The lowest BCUT2D eigenvalue weighted by Gasteiger charge is -2.32. The summed E-state index contributed by atoms with van der Waals surface area (Å²) in [5.41, 5.74) is 0.976. The van der Waals surface area contributed by atoms with Crippen molar-refractivity contribution in [3.8, 4) is 0 Å². The zero-order valence-electron chi connectivity index (χ0n) is 11.9. The summed E-state index contributed by atoms with van der Waals surface area (Å²) < 4.78 is 11.9. The normalized spacial score (nSPS) is 28.3. The highest BCUT2D eigenvalue weighted by Gasteiger charge is 2.50. The summed E-state index contributed by atoms with van der Waals surface area (Å²) in [5.74, 6) is 3.07. The predicted molar refractivity (Wildman–Crippen MR) is 71.8 cm³/mol. The number of rotatable bonds is 3. The fourth-order valence-electron chi connectivity index (χ4n) is 2.41. The molecular formula is C14H25BO2. The second-order valence-electron chi connectivity index (χ2n) is 6.64. The van der Waals surface area contributed by atoms with Crippen LogP contribution in [0.3, 0.4) is 0 Å². The summed E-state index contributed by atoms with van der Waals surface area (Å²) >= 11 is 0. The van der Waals surface area contributed by atoms with Crippen molar-refractivity contribution < 1.29 is 9.31 Å². The van der Waals surface area contributed by atoms with Gasteiger partial charge in [0.15, 0.2) is 0 Å². The number of hydrogen-bond donors (Lipinski definition) is 0. The molecule has 0 N–H and O–H groups in total.